The van der Waals surface area contributed by atoms with E-state index in [4.69, 9.17) is 20.9 Å². The summed E-state index contributed by atoms with van der Waals surface area (Å²) in [5, 5.41) is 0. The number of aromatic nitrogens is 4. The molecule has 8 heteroatoms. The van der Waals surface area contributed by atoms with Gasteiger partial charge in [0.2, 0.25) is 23.7 Å². The van der Waals surface area contributed by atoms with Gasteiger partial charge < -0.3 is 20.8 Å². The Morgan fingerprint density at radius 3 is 2.14 bits per heavy atom. The second kappa shape index (κ2) is 14.5. The van der Waals surface area contributed by atoms with Crippen molar-refractivity contribution in [3.05, 3.63) is 47.5 Å². The van der Waals surface area contributed by atoms with E-state index in [9.17, 15) is 0 Å². The van der Waals surface area contributed by atoms with Crippen LogP contribution in [0.5, 0.6) is 0 Å². The number of anilines is 4. The van der Waals surface area contributed by atoms with Gasteiger partial charge in [0.05, 0.1) is 11.3 Å². The molecule has 0 fully saturated rings. The fraction of sp³-hybridized carbons (Fsp3) is 0.529. The third kappa shape index (κ3) is 7.58. The lowest BCUT2D eigenvalue weighted by Gasteiger charge is -2.32. The van der Waals surface area contributed by atoms with Crippen molar-refractivity contribution >= 4 is 34.6 Å². The van der Waals surface area contributed by atoms with Crippen molar-refractivity contribution in [3.8, 4) is 11.5 Å². The van der Waals surface area contributed by atoms with Gasteiger partial charge in [0.15, 0.2) is 5.58 Å². The quantitative estimate of drug-likeness (QED) is 0.136. The molecule has 8 nitrogen and oxygen atoms in total. The molecule has 0 saturated heterocycles. The standard InChI is InChI=1S/C34H49N7O/c1-7-9-10-13-25(8-2)41(34-39-32(35)38-33(36)40-34)28-15-12-11-14-27(28)31-37-30-26(20-17-23(5)6)24(18-16-22(3)4)19-21-29(30)42-31/h11-12,14-15,19,21-23,25H,7-10,13,16-18,20H2,1-6H3,(H4,35,36,38,39,40). The number of aryl methyl sites for hydroxylation is 2. The van der Waals surface area contributed by atoms with Gasteiger partial charge in [-0.1, -0.05) is 79.0 Å². The summed E-state index contributed by atoms with van der Waals surface area (Å²) in [4.78, 5) is 20.4. The lowest BCUT2D eigenvalue weighted by molar-refractivity contribution is 0.531. The molecule has 0 aliphatic heterocycles. The number of fused-ring (bicyclic) bond motifs is 1. The van der Waals surface area contributed by atoms with Gasteiger partial charge in [0.1, 0.15) is 5.52 Å². The number of benzene rings is 2. The zero-order valence-corrected chi connectivity index (χ0v) is 26.4. The zero-order chi connectivity index (χ0) is 30.2. The molecule has 2 aromatic heterocycles. The highest BCUT2D eigenvalue weighted by Crippen LogP contribution is 2.39. The number of rotatable bonds is 15. The summed E-state index contributed by atoms with van der Waals surface area (Å²) in [6.07, 6.45) is 9.59. The molecule has 4 aromatic rings. The number of hydrogen-bond donors (Lipinski definition) is 2. The molecule has 4 N–H and O–H groups in total. The third-order valence-corrected chi connectivity index (χ3v) is 7.97. The van der Waals surface area contributed by atoms with Crippen molar-refractivity contribution in [2.45, 2.75) is 105 Å². The zero-order valence-electron chi connectivity index (χ0n) is 26.4. The molecule has 0 aliphatic rings. The average molecular weight is 572 g/mol. The number of nitrogens with zero attached hydrogens (tertiary/aromatic N) is 5. The first-order chi connectivity index (χ1) is 20.2. The number of nitrogen functional groups attached to an aromatic ring is 2. The van der Waals surface area contributed by atoms with Crippen molar-refractivity contribution in [1.29, 1.82) is 0 Å². The Balaban J connectivity index is 1.85. The first-order valence-electron chi connectivity index (χ1n) is 15.8. The van der Waals surface area contributed by atoms with Crippen LogP contribution in [-0.2, 0) is 12.8 Å². The van der Waals surface area contributed by atoms with E-state index in [2.05, 4.69) is 85.7 Å². The topological polar surface area (TPSA) is 120 Å². The predicted molar refractivity (Wildman–Crippen MR) is 175 cm³/mol. The van der Waals surface area contributed by atoms with Crippen LogP contribution < -0.4 is 16.4 Å². The van der Waals surface area contributed by atoms with Crippen LogP contribution in [0.15, 0.2) is 40.8 Å². The van der Waals surface area contributed by atoms with Gasteiger partial charge in [-0.3, -0.25) is 0 Å². The Bertz CT molecular complexity index is 1430. The Kier molecular flexibility index (Phi) is 10.8. The molecule has 42 heavy (non-hydrogen) atoms. The second-order valence-electron chi connectivity index (χ2n) is 12.2. The van der Waals surface area contributed by atoms with Gasteiger partial charge in [-0.2, -0.15) is 15.0 Å². The van der Waals surface area contributed by atoms with Crippen molar-refractivity contribution in [1.82, 2.24) is 19.9 Å². The van der Waals surface area contributed by atoms with Crippen molar-refractivity contribution in [3.63, 3.8) is 0 Å². The van der Waals surface area contributed by atoms with Crippen LogP contribution in [0.4, 0.5) is 23.5 Å². The molecule has 0 radical (unpaired) electrons. The summed E-state index contributed by atoms with van der Waals surface area (Å²) in [6.45, 7) is 13.5. The van der Waals surface area contributed by atoms with Gasteiger partial charge in [0, 0.05) is 6.04 Å². The normalized spacial score (nSPS) is 12.5. The monoisotopic (exact) mass is 571 g/mol. The first-order valence-corrected chi connectivity index (χ1v) is 15.8. The highest BCUT2D eigenvalue weighted by molar-refractivity contribution is 5.85. The molecule has 0 aliphatic carbocycles. The van der Waals surface area contributed by atoms with E-state index in [-0.39, 0.29) is 17.9 Å². The van der Waals surface area contributed by atoms with Crippen LogP contribution in [0, 0.1) is 11.8 Å². The summed E-state index contributed by atoms with van der Waals surface area (Å²) >= 11 is 0. The summed E-state index contributed by atoms with van der Waals surface area (Å²) in [7, 11) is 0. The average Bonchev–Trinajstić information content (AvgIpc) is 3.38. The molecule has 226 valence electrons. The van der Waals surface area contributed by atoms with E-state index in [0.29, 0.717) is 23.7 Å². The van der Waals surface area contributed by atoms with Crippen molar-refractivity contribution in [2.24, 2.45) is 11.8 Å². The van der Waals surface area contributed by atoms with E-state index >= 15 is 0 Å². The molecular weight excluding hydrogens is 522 g/mol. The maximum atomic E-state index is 6.53. The highest BCUT2D eigenvalue weighted by Gasteiger charge is 2.27. The van der Waals surface area contributed by atoms with Gasteiger partial charge in [0.25, 0.3) is 0 Å². The molecule has 1 unspecified atom stereocenters. The summed E-state index contributed by atoms with van der Waals surface area (Å²) in [5.41, 5.74) is 18.4. The van der Waals surface area contributed by atoms with Crippen LogP contribution >= 0.6 is 0 Å². The molecule has 2 aromatic carbocycles. The minimum absolute atomic E-state index is 0.106. The first kappa shape index (κ1) is 31.3. The maximum absolute atomic E-state index is 6.53. The van der Waals surface area contributed by atoms with Gasteiger partial charge in [-0.25, -0.2) is 4.98 Å². The van der Waals surface area contributed by atoms with E-state index in [1.54, 1.807) is 0 Å². The van der Waals surface area contributed by atoms with Crippen molar-refractivity contribution < 1.29 is 4.42 Å². The Morgan fingerprint density at radius 2 is 1.48 bits per heavy atom. The molecule has 0 spiro atoms. The summed E-state index contributed by atoms with van der Waals surface area (Å²) in [6, 6.07) is 12.7. The van der Waals surface area contributed by atoms with E-state index in [1.165, 1.54) is 11.1 Å². The minimum Gasteiger partial charge on any atom is -0.436 e. The molecule has 2 heterocycles. The lowest BCUT2D eigenvalue weighted by atomic mass is 9.93. The fourth-order valence-electron chi connectivity index (χ4n) is 5.58. The van der Waals surface area contributed by atoms with Crippen molar-refractivity contribution in [2.75, 3.05) is 16.4 Å². The van der Waals surface area contributed by atoms with Gasteiger partial charge >= 0.3 is 0 Å². The Morgan fingerprint density at radius 1 is 0.786 bits per heavy atom. The van der Waals surface area contributed by atoms with E-state index in [0.717, 1.165) is 80.1 Å². The third-order valence-electron chi connectivity index (χ3n) is 7.97. The SMILES string of the molecule is CCCCCC(CC)N(c1nc(N)nc(N)n1)c1ccccc1-c1nc2c(CCC(C)C)c(CCC(C)C)ccc2o1. The van der Waals surface area contributed by atoms with Crippen LogP contribution in [0.1, 0.15) is 97.6 Å². The van der Waals surface area contributed by atoms with E-state index < -0.39 is 0 Å². The Hall–Kier alpha value is -3.68. The van der Waals surface area contributed by atoms with Crippen LogP contribution in [0.2, 0.25) is 0 Å². The summed E-state index contributed by atoms with van der Waals surface area (Å²) in [5.74, 6) is 2.50. The minimum atomic E-state index is 0.106. The summed E-state index contributed by atoms with van der Waals surface area (Å²) < 4.78 is 6.53. The molecule has 4 rings (SSSR count). The Labute approximate surface area is 251 Å². The fourth-order valence-corrected chi connectivity index (χ4v) is 5.58. The second-order valence-corrected chi connectivity index (χ2v) is 12.2. The largest absolute Gasteiger partial charge is 0.436 e. The van der Waals surface area contributed by atoms with E-state index in [1.807, 2.05) is 12.1 Å². The highest BCUT2D eigenvalue weighted by atomic mass is 16.3. The van der Waals surface area contributed by atoms with Crippen LogP contribution in [0.25, 0.3) is 22.6 Å². The van der Waals surface area contributed by atoms with Gasteiger partial charge in [-0.05, 0) is 79.7 Å². The smallest absolute Gasteiger partial charge is 0.236 e. The number of nitrogens with two attached hydrogens (primary N) is 2. The number of hydrogen-bond acceptors (Lipinski definition) is 8. The number of oxazole rings is 1. The lowest BCUT2D eigenvalue weighted by Crippen LogP contribution is -2.33. The predicted octanol–water partition coefficient (Wildman–Crippen LogP) is 8.52. The van der Waals surface area contributed by atoms with Crippen LogP contribution in [-0.4, -0.2) is 26.0 Å². The maximum Gasteiger partial charge on any atom is 0.236 e. The molecule has 0 amide bonds. The molecule has 0 saturated carbocycles. The number of para-hydroxylation sites is 1. The number of unbranched alkanes of at least 4 members (excludes halogenated alkanes) is 2. The van der Waals surface area contributed by atoms with Gasteiger partial charge in [-0.15, -0.1) is 0 Å². The molecular formula is C34H49N7O. The van der Waals surface area contributed by atoms with Crippen LogP contribution in [0.3, 0.4) is 0 Å². The molecule has 0 bridgehead atoms. The molecule has 1 atom stereocenters.